The SMILES string of the molecule is CN(C)c1nc(Cc2ccc(NC(=O)OCc3ccc(CF)cc3)cc2)ncc1CC(=O)O. The molecule has 0 aliphatic carbocycles. The lowest BCUT2D eigenvalue weighted by Crippen LogP contribution is -2.17. The third kappa shape index (κ3) is 6.99. The van der Waals surface area contributed by atoms with Gasteiger partial charge in [0.15, 0.2) is 0 Å². The number of anilines is 2. The zero-order valence-corrected chi connectivity index (χ0v) is 18.4. The van der Waals surface area contributed by atoms with Crippen molar-refractivity contribution in [2.24, 2.45) is 0 Å². The number of nitrogens with one attached hydrogen (secondary N) is 1. The molecule has 2 aromatic carbocycles. The predicted molar refractivity (Wildman–Crippen MR) is 122 cm³/mol. The number of rotatable bonds is 9. The number of halogens is 1. The molecule has 1 heterocycles. The summed E-state index contributed by atoms with van der Waals surface area (Å²) in [6.07, 6.45) is 1.26. The van der Waals surface area contributed by atoms with Crippen LogP contribution in [0.5, 0.6) is 0 Å². The van der Waals surface area contributed by atoms with Crippen LogP contribution < -0.4 is 10.2 Å². The molecule has 8 nitrogen and oxygen atoms in total. The highest BCUT2D eigenvalue weighted by Crippen LogP contribution is 2.18. The monoisotopic (exact) mass is 452 g/mol. The van der Waals surface area contributed by atoms with Gasteiger partial charge in [-0.3, -0.25) is 10.1 Å². The van der Waals surface area contributed by atoms with Crippen LogP contribution in [-0.4, -0.2) is 41.2 Å². The molecule has 1 amide bonds. The van der Waals surface area contributed by atoms with Crippen LogP contribution in [0.4, 0.5) is 20.7 Å². The van der Waals surface area contributed by atoms with Crippen LogP contribution in [0, 0.1) is 0 Å². The highest BCUT2D eigenvalue weighted by Gasteiger charge is 2.13. The van der Waals surface area contributed by atoms with Crippen molar-refractivity contribution in [3.05, 3.63) is 82.8 Å². The summed E-state index contributed by atoms with van der Waals surface area (Å²) in [6, 6.07) is 13.9. The average molecular weight is 452 g/mol. The first kappa shape index (κ1) is 23.6. The van der Waals surface area contributed by atoms with E-state index in [1.54, 1.807) is 61.6 Å². The van der Waals surface area contributed by atoms with E-state index >= 15 is 0 Å². The van der Waals surface area contributed by atoms with E-state index in [1.807, 2.05) is 12.1 Å². The summed E-state index contributed by atoms with van der Waals surface area (Å²) in [4.78, 5) is 33.6. The Balaban J connectivity index is 1.56. The summed E-state index contributed by atoms with van der Waals surface area (Å²) < 4.78 is 17.7. The second-order valence-electron chi connectivity index (χ2n) is 7.62. The Bertz CT molecular complexity index is 1100. The minimum atomic E-state index is -0.939. The molecule has 172 valence electrons. The zero-order valence-electron chi connectivity index (χ0n) is 18.4. The Morgan fingerprint density at radius 3 is 2.27 bits per heavy atom. The fourth-order valence-electron chi connectivity index (χ4n) is 3.11. The van der Waals surface area contributed by atoms with E-state index in [4.69, 9.17) is 9.84 Å². The molecular weight excluding hydrogens is 427 g/mol. The van der Waals surface area contributed by atoms with E-state index in [1.165, 1.54) is 0 Å². The molecule has 0 radical (unpaired) electrons. The summed E-state index contributed by atoms with van der Waals surface area (Å²) in [5, 5.41) is 11.7. The normalized spacial score (nSPS) is 10.5. The van der Waals surface area contributed by atoms with Gasteiger partial charge in [0, 0.05) is 38.0 Å². The molecule has 0 atom stereocenters. The van der Waals surface area contributed by atoms with Crippen molar-refractivity contribution in [1.29, 1.82) is 0 Å². The summed E-state index contributed by atoms with van der Waals surface area (Å²) in [5.41, 5.74) is 3.39. The van der Waals surface area contributed by atoms with Gasteiger partial charge in [0.2, 0.25) is 0 Å². The standard InChI is InChI=1S/C24H25FN4O4/c1-29(2)23-19(12-22(30)31)14-26-21(28-23)11-16-7-9-20(10-8-16)27-24(32)33-15-18-5-3-17(13-25)4-6-18/h3-10,14H,11-13,15H2,1-2H3,(H,27,32)(H,30,31). The molecule has 0 fully saturated rings. The lowest BCUT2D eigenvalue weighted by atomic mass is 10.1. The fourth-order valence-corrected chi connectivity index (χ4v) is 3.11. The number of carboxylic acid groups (broad SMARTS) is 1. The van der Waals surface area contributed by atoms with E-state index in [-0.39, 0.29) is 13.0 Å². The number of amides is 1. The maximum atomic E-state index is 12.5. The number of carboxylic acids is 1. The van der Waals surface area contributed by atoms with Gasteiger partial charge in [0.25, 0.3) is 0 Å². The number of alkyl halides is 1. The first-order chi connectivity index (χ1) is 15.8. The fraction of sp³-hybridized carbons (Fsp3) is 0.250. The van der Waals surface area contributed by atoms with E-state index in [0.29, 0.717) is 34.9 Å². The number of aliphatic carboxylic acids is 1. The van der Waals surface area contributed by atoms with E-state index < -0.39 is 18.7 Å². The highest BCUT2D eigenvalue weighted by molar-refractivity contribution is 5.84. The maximum Gasteiger partial charge on any atom is 0.411 e. The van der Waals surface area contributed by atoms with Gasteiger partial charge in [-0.05, 0) is 28.8 Å². The van der Waals surface area contributed by atoms with Crippen molar-refractivity contribution in [2.45, 2.75) is 26.1 Å². The van der Waals surface area contributed by atoms with Gasteiger partial charge in [-0.25, -0.2) is 19.2 Å². The molecule has 9 heteroatoms. The first-order valence-corrected chi connectivity index (χ1v) is 10.2. The molecule has 0 bridgehead atoms. The van der Waals surface area contributed by atoms with Crippen molar-refractivity contribution in [3.8, 4) is 0 Å². The van der Waals surface area contributed by atoms with Gasteiger partial charge in [0.1, 0.15) is 24.9 Å². The number of carbonyl (C=O) groups excluding carboxylic acids is 1. The molecule has 1 aromatic heterocycles. The van der Waals surface area contributed by atoms with Gasteiger partial charge in [0.05, 0.1) is 6.42 Å². The summed E-state index contributed by atoms with van der Waals surface area (Å²) in [6.45, 7) is -0.448. The average Bonchev–Trinajstić information content (AvgIpc) is 2.80. The third-order valence-electron chi connectivity index (χ3n) is 4.77. The number of ether oxygens (including phenoxy) is 1. The van der Waals surface area contributed by atoms with Crippen molar-refractivity contribution in [3.63, 3.8) is 0 Å². The minimum Gasteiger partial charge on any atom is -0.481 e. The summed E-state index contributed by atoms with van der Waals surface area (Å²) >= 11 is 0. The van der Waals surface area contributed by atoms with Crippen LogP contribution in [0.2, 0.25) is 0 Å². The number of benzene rings is 2. The first-order valence-electron chi connectivity index (χ1n) is 10.2. The lowest BCUT2D eigenvalue weighted by molar-refractivity contribution is -0.136. The van der Waals surface area contributed by atoms with Gasteiger partial charge in [-0.1, -0.05) is 36.4 Å². The Morgan fingerprint density at radius 1 is 1.03 bits per heavy atom. The van der Waals surface area contributed by atoms with Crippen molar-refractivity contribution >= 4 is 23.6 Å². The van der Waals surface area contributed by atoms with E-state index in [2.05, 4.69) is 15.3 Å². The van der Waals surface area contributed by atoms with Crippen LogP contribution >= 0.6 is 0 Å². The van der Waals surface area contributed by atoms with Gasteiger partial charge >= 0.3 is 12.1 Å². The summed E-state index contributed by atoms with van der Waals surface area (Å²) in [7, 11) is 3.60. The second-order valence-corrected chi connectivity index (χ2v) is 7.62. The van der Waals surface area contributed by atoms with Crippen LogP contribution in [0.1, 0.15) is 28.1 Å². The number of hydrogen-bond donors (Lipinski definition) is 2. The molecule has 0 unspecified atom stereocenters. The molecule has 2 N–H and O–H groups in total. The zero-order chi connectivity index (χ0) is 23.8. The van der Waals surface area contributed by atoms with Crippen molar-refractivity contribution < 1.29 is 23.8 Å². The quantitative estimate of drug-likeness (QED) is 0.506. The Morgan fingerprint density at radius 2 is 1.67 bits per heavy atom. The van der Waals surface area contributed by atoms with Gasteiger partial charge < -0.3 is 14.7 Å². The van der Waals surface area contributed by atoms with E-state index in [9.17, 15) is 14.0 Å². The predicted octanol–water partition coefficient (Wildman–Crippen LogP) is 3.98. The highest BCUT2D eigenvalue weighted by atomic mass is 19.1. The smallest absolute Gasteiger partial charge is 0.411 e. The molecule has 3 aromatic rings. The van der Waals surface area contributed by atoms with Crippen LogP contribution in [0.25, 0.3) is 0 Å². The molecule has 33 heavy (non-hydrogen) atoms. The number of nitrogens with zero attached hydrogens (tertiary/aromatic N) is 3. The number of aromatic nitrogens is 2. The molecule has 0 aliphatic rings. The second kappa shape index (κ2) is 11.0. The van der Waals surface area contributed by atoms with Crippen molar-refractivity contribution in [1.82, 2.24) is 9.97 Å². The number of hydrogen-bond acceptors (Lipinski definition) is 6. The number of carbonyl (C=O) groups is 2. The van der Waals surface area contributed by atoms with Crippen LogP contribution in [0.15, 0.2) is 54.7 Å². The van der Waals surface area contributed by atoms with Crippen LogP contribution in [0.3, 0.4) is 0 Å². The van der Waals surface area contributed by atoms with Gasteiger partial charge in [-0.2, -0.15) is 0 Å². The Kier molecular flexibility index (Phi) is 7.91. The molecular formula is C24H25FN4O4. The molecule has 0 spiro atoms. The van der Waals surface area contributed by atoms with E-state index in [0.717, 1.165) is 11.1 Å². The Labute approximate surface area is 191 Å². The van der Waals surface area contributed by atoms with Crippen molar-refractivity contribution in [2.75, 3.05) is 24.3 Å². The Hall–Kier alpha value is -4.01. The van der Waals surface area contributed by atoms with Gasteiger partial charge in [-0.15, -0.1) is 0 Å². The molecule has 0 aliphatic heterocycles. The topological polar surface area (TPSA) is 105 Å². The molecule has 3 rings (SSSR count). The van der Waals surface area contributed by atoms with Crippen LogP contribution in [-0.2, 0) is 35.7 Å². The molecule has 0 saturated heterocycles. The largest absolute Gasteiger partial charge is 0.481 e. The molecule has 0 saturated carbocycles. The summed E-state index contributed by atoms with van der Waals surface area (Å²) in [5.74, 6) is 0.195. The third-order valence-corrected chi connectivity index (χ3v) is 4.77. The maximum absolute atomic E-state index is 12.5. The lowest BCUT2D eigenvalue weighted by Gasteiger charge is -2.16. The minimum absolute atomic E-state index is 0.0832.